The first kappa shape index (κ1) is 24.9. The summed E-state index contributed by atoms with van der Waals surface area (Å²) in [5.74, 6) is 2.05. The Morgan fingerprint density at radius 3 is 2.44 bits per heavy atom. The lowest BCUT2D eigenvalue weighted by Gasteiger charge is -2.57. The van der Waals surface area contributed by atoms with Crippen LogP contribution in [-0.4, -0.2) is 34.2 Å². The Morgan fingerprint density at radius 1 is 0.923 bits per heavy atom. The number of fused-ring (bicyclic) bond motifs is 6. The molecule has 1 N–H and O–H groups in total. The smallest absolute Gasteiger partial charge is 0.324 e. The van der Waals surface area contributed by atoms with Crippen LogP contribution in [0.5, 0.6) is 5.75 Å². The van der Waals surface area contributed by atoms with Gasteiger partial charge in [-0.15, -0.1) is 0 Å². The summed E-state index contributed by atoms with van der Waals surface area (Å²) in [4.78, 5) is 16.4. The molecule has 0 bridgehead atoms. The third-order valence-corrected chi connectivity index (χ3v) is 11.0. The average molecular weight is 522 g/mol. The molecule has 4 aliphatic rings. The zero-order valence-corrected chi connectivity index (χ0v) is 22.9. The molecule has 3 aromatic rings. The van der Waals surface area contributed by atoms with Crippen molar-refractivity contribution in [1.82, 2.24) is 4.90 Å². The minimum atomic E-state index is -0.434. The molecule has 202 valence electrons. The Balaban J connectivity index is 1.20. The molecule has 39 heavy (non-hydrogen) atoms. The van der Waals surface area contributed by atoms with Gasteiger partial charge in [0.15, 0.2) is 0 Å². The Kier molecular flexibility index (Phi) is 6.08. The number of nitrogens with zero attached hydrogens (tertiary/aromatic N) is 1. The highest BCUT2D eigenvalue weighted by molar-refractivity contribution is 5.78. The molecule has 0 unspecified atom stereocenters. The Labute approximate surface area is 232 Å². The van der Waals surface area contributed by atoms with E-state index in [1.54, 1.807) is 0 Å². The van der Waals surface area contributed by atoms with Gasteiger partial charge in [-0.3, -0.25) is 9.69 Å². The van der Waals surface area contributed by atoms with Crippen molar-refractivity contribution >= 4 is 5.97 Å². The van der Waals surface area contributed by atoms with Crippen LogP contribution < -0.4 is 0 Å². The molecule has 1 heterocycles. The fourth-order valence-electron chi connectivity index (χ4n) is 9.00. The number of esters is 1. The molecule has 0 amide bonds. The van der Waals surface area contributed by atoms with Crippen LogP contribution in [0, 0.1) is 17.3 Å². The van der Waals surface area contributed by atoms with E-state index in [9.17, 15) is 9.90 Å². The molecule has 6 atom stereocenters. The minimum Gasteiger partial charge on any atom is -0.508 e. The van der Waals surface area contributed by atoms with Crippen LogP contribution in [0.15, 0.2) is 78.9 Å². The molecular formula is C35H39NO3. The van der Waals surface area contributed by atoms with Crippen molar-refractivity contribution in [1.29, 1.82) is 0 Å². The second kappa shape index (κ2) is 9.52. The summed E-state index contributed by atoms with van der Waals surface area (Å²) in [5.41, 5.74) is 4.74. The predicted molar refractivity (Wildman–Crippen MR) is 152 cm³/mol. The highest BCUT2D eigenvalue weighted by atomic mass is 16.6. The van der Waals surface area contributed by atoms with Crippen molar-refractivity contribution in [2.24, 2.45) is 17.3 Å². The van der Waals surface area contributed by atoms with Gasteiger partial charge in [-0.1, -0.05) is 73.7 Å². The molecule has 3 aromatic carbocycles. The summed E-state index contributed by atoms with van der Waals surface area (Å²) in [6.07, 6.45) is 7.15. The van der Waals surface area contributed by atoms with Gasteiger partial charge in [-0.2, -0.15) is 0 Å². The lowest BCUT2D eigenvalue weighted by molar-refractivity contribution is -0.209. The largest absolute Gasteiger partial charge is 0.508 e. The summed E-state index contributed by atoms with van der Waals surface area (Å²) < 4.78 is 6.71. The van der Waals surface area contributed by atoms with Crippen LogP contribution in [0.2, 0.25) is 0 Å². The number of carbonyl (C=O) groups excluding carboxylic acids is 1. The SMILES string of the molecule is C[C@]12CC[C@@H]3c4ccc(O)cc4CC[C@H]3[C@@H]1CC[C@@]21CN(Cc2ccccc2)[C@H](Cc2ccccc2)C(=O)O1. The van der Waals surface area contributed by atoms with E-state index < -0.39 is 5.60 Å². The minimum absolute atomic E-state index is 0.0229. The van der Waals surface area contributed by atoms with Crippen LogP contribution in [0.1, 0.15) is 67.2 Å². The highest BCUT2D eigenvalue weighted by Gasteiger charge is 2.66. The number of carbonyl (C=O) groups is 1. The number of rotatable bonds is 4. The molecular weight excluding hydrogens is 482 g/mol. The molecule has 3 aliphatic carbocycles. The second-order valence-electron chi connectivity index (χ2n) is 12.8. The molecule has 1 aliphatic heterocycles. The van der Waals surface area contributed by atoms with Crippen molar-refractivity contribution in [3.63, 3.8) is 0 Å². The highest BCUT2D eigenvalue weighted by Crippen LogP contribution is 2.66. The fourth-order valence-corrected chi connectivity index (χ4v) is 9.00. The number of phenolic OH excluding ortho intramolecular Hbond substituents is 1. The standard InChI is InChI=1S/C35H39NO3/c1-34-18-16-29-28-15-13-27(37)21-26(28)12-14-30(29)31(34)17-19-35(34)23-36(22-25-10-6-3-7-11-25)32(33(38)39-35)20-24-8-4-2-5-9-24/h2-11,13,15,21,29-32,37H,12,14,16-20,22-23H2,1H3/t29-,30-,31+,32-,34+,35-/m1/s1. The third kappa shape index (κ3) is 4.10. The topological polar surface area (TPSA) is 49.8 Å². The maximum atomic E-state index is 14.0. The molecule has 4 nitrogen and oxygen atoms in total. The number of benzene rings is 3. The van der Waals surface area contributed by atoms with Gasteiger partial charge in [0, 0.05) is 18.5 Å². The van der Waals surface area contributed by atoms with Gasteiger partial charge >= 0.3 is 5.97 Å². The number of aromatic hydroxyl groups is 1. The van der Waals surface area contributed by atoms with Gasteiger partial charge in [0.25, 0.3) is 0 Å². The van der Waals surface area contributed by atoms with Crippen molar-refractivity contribution in [2.75, 3.05) is 6.54 Å². The van der Waals surface area contributed by atoms with E-state index >= 15 is 0 Å². The van der Waals surface area contributed by atoms with Crippen LogP contribution in [0.25, 0.3) is 0 Å². The lowest BCUT2D eigenvalue weighted by Crippen LogP contribution is -2.65. The van der Waals surface area contributed by atoms with Gasteiger partial charge in [0.2, 0.25) is 0 Å². The number of hydrogen-bond donors (Lipinski definition) is 1. The van der Waals surface area contributed by atoms with Gasteiger partial charge in [-0.25, -0.2) is 0 Å². The second-order valence-corrected chi connectivity index (χ2v) is 12.8. The number of aryl methyl sites for hydroxylation is 1. The van der Waals surface area contributed by atoms with E-state index in [0.29, 0.717) is 29.9 Å². The van der Waals surface area contributed by atoms with E-state index in [0.717, 1.165) is 51.6 Å². The summed E-state index contributed by atoms with van der Waals surface area (Å²) in [6, 6.07) is 26.7. The molecule has 2 saturated carbocycles. The van der Waals surface area contributed by atoms with Gasteiger partial charge < -0.3 is 9.84 Å². The number of ether oxygens (including phenoxy) is 1. The van der Waals surface area contributed by atoms with E-state index in [4.69, 9.17) is 4.74 Å². The summed E-state index contributed by atoms with van der Waals surface area (Å²) in [6.45, 7) is 4.01. The third-order valence-electron chi connectivity index (χ3n) is 11.0. The monoisotopic (exact) mass is 521 g/mol. The van der Waals surface area contributed by atoms with Gasteiger partial charge in [0.05, 0.1) is 0 Å². The van der Waals surface area contributed by atoms with Crippen molar-refractivity contribution < 1.29 is 14.6 Å². The Hall–Kier alpha value is -3.11. The average Bonchev–Trinajstić information content (AvgIpc) is 3.22. The normalized spacial score (nSPS) is 33.7. The lowest BCUT2D eigenvalue weighted by atomic mass is 9.53. The predicted octanol–water partition coefficient (Wildman–Crippen LogP) is 6.66. The summed E-state index contributed by atoms with van der Waals surface area (Å²) >= 11 is 0. The molecule has 1 saturated heterocycles. The molecule has 0 aromatic heterocycles. The Morgan fingerprint density at radius 2 is 1.67 bits per heavy atom. The zero-order chi connectivity index (χ0) is 26.6. The Bertz CT molecular complexity index is 1360. The van der Waals surface area contributed by atoms with Crippen molar-refractivity contribution in [2.45, 2.75) is 76.0 Å². The summed E-state index contributed by atoms with van der Waals surface area (Å²) in [7, 11) is 0. The maximum Gasteiger partial charge on any atom is 0.324 e. The number of phenols is 1. The molecule has 7 rings (SSSR count). The van der Waals surface area contributed by atoms with Crippen molar-refractivity contribution in [3.8, 4) is 5.75 Å². The first-order valence-corrected chi connectivity index (χ1v) is 14.8. The molecule has 4 heteroatoms. The van der Waals surface area contributed by atoms with Crippen LogP contribution in [-0.2, 0) is 28.9 Å². The van der Waals surface area contributed by atoms with E-state index in [-0.39, 0.29) is 17.4 Å². The van der Waals surface area contributed by atoms with E-state index in [2.05, 4.69) is 72.5 Å². The molecule has 3 fully saturated rings. The van der Waals surface area contributed by atoms with Gasteiger partial charge in [-0.05, 0) is 97.1 Å². The van der Waals surface area contributed by atoms with Crippen LogP contribution >= 0.6 is 0 Å². The van der Waals surface area contributed by atoms with E-state index in [1.807, 2.05) is 18.2 Å². The van der Waals surface area contributed by atoms with Gasteiger partial charge in [0.1, 0.15) is 17.4 Å². The zero-order valence-electron chi connectivity index (χ0n) is 22.9. The first-order chi connectivity index (χ1) is 19.0. The molecule has 0 radical (unpaired) electrons. The van der Waals surface area contributed by atoms with Crippen LogP contribution in [0.3, 0.4) is 0 Å². The quantitative estimate of drug-likeness (QED) is 0.390. The maximum absolute atomic E-state index is 14.0. The van der Waals surface area contributed by atoms with Crippen LogP contribution in [0.4, 0.5) is 0 Å². The number of hydrogen-bond acceptors (Lipinski definition) is 4. The summed E-state index contributed by atoms with van der Waals surface area (Å²) in [5, 5.41) is 10.1. The fraction of sp³-hybridized carbons (Fsp3) is 0.457. The van der Waals surface area contributed by atoms with Crippen molar-refractivity contribution in [3.05, 3.63) is 101 Å². The van der Waals surface area contributed by atoms with E-state index in [1.165, 1.54) is 22.3 Å². The molecule has 1 spiro atoms. The number of morpholine rings is 1. The first-order valence-electron chi connectivity index (χ1n) is 14.8.